The van der Waals surface area contributed by atoms with Crippen LogP contribution >= 0.6 is 11.6 Å². The molecule has 0 aliphatic rings. The zero-order valence-electron chi connectivity index (χ0n) is 9.35. The van der Waals surface area contributed by atoms with Crippen LogP contribution in [0.5, 0.6) is 0 Å². The molecular weight excluding hydrogens is 257 g/mol. The number of halogens is 2. The lowest BCUT2D eigenvalue weighted by molar-refractivity contribution is 0.186. The van der Waals surface area contributed by atoms with Gasteiger partial charge in [0.2, 0.25) is 0 Å². The van der Waals surface area contributed by atoms with Crippen LogP contribution in [0.1, 0.15) is 11.7 Å². The molecule has 94 valence electrons. The van der Waals surface area contributed by atoms with Crippen molar-refractivity contribution < 1.29 is 9.50 Å². The zero-order chi connectivity index (χ0) is 13.0. The maximum absolute atomic E-state index is 13.4. The minimum Gasteiger partial charge on any atom is -0.386 e. The summed E-state index contributed by atoms with van der Waals surface area (Å²) in [5.41, 5.74) is 0.236. The van der Waals surface area contributed by atoms with Gasteiger partial charge in [0.1, 0.15) is 16.8 Å². The van der Waals surface area contributed by atoms with Gasteiger partial charge in [-0.1, -0.05) is 29.8 Å². The van der Waals surface area contributed by atoms with E-state index in [9.17, 15) is 9.50 Å². The summed E-state index contributed by atoms with van der Waals surface area (Å²) in [4.78, 5) is 7.79. The summed E-state index contributed by atoms with van der Waals surface area (Å²) in [7, 11) is 0. The predicted octanol–water partition coefficient (Wildman–Crippen LogP) is 2.41. The summed E-state index contributed by atoms with van der Waals surface area (Å²) in [6, 6.07) is 6.07. The molecule has 6 heteroatoms. The maximum Gasteiger partial charge on any atom is 0.149 e. The fraction of sp³-hybridized carbons (Fsp3) is 0.167. The van der Waals surface area contributed by atoms with Crippen LogP contribution in [0.25, 0.3) is 0 Å². The van der Waals surface area contributed by atoms with Crippen molar-refractivity contribution in [3.8, 4) is 0 Å². The summed E-state index contributed by atoms with van der Waals surface area (Å²) in [5, 5.41) is 12.9. The number of aromatic nitrogens is 2. The Morgan fingerprint density at radius 2 is 2.11 bits per heavy atom. The molecule has 1 aromatic heterocycles. The quantitative estimate of drug-likeness (QED) is 0.893. The lowest BCUT2D eigenvalue weighted by Crippen LogP contribution is -2.14. The fourth-order valence-electron chi connectivity index (χ4n) is 1.48. The van der Waals surface area contributed by atoms with Gasteiger partial charge in [-0.3, -0.25) is 4.98 Å². The standard InChI is InChI=1S/C12H11ClFN3O/c13-11-6-15-7-12(17-11)16-5-10(18)8-3-1-2-4-9(8)14/h1-4,6-7,10,18H,5H2,(H,16,17). The SMILES string of the molecule is OC(CNc1cncc(Cl)n1)c1ccccc1F. The van der Waals surface area contributed by atoms with E-state index in [4.69, 9.17) is 11.6 Å². The lowest BCUT2D eigenvalue weighted by atomic mass is 10.1. The fourth-order valence-corrected chi connectivity index (χ4v) is 1.63. The second-order valence-corrected chi connectivity index (χ2v) is 4.03. The van der Waals surface area contributed by atoms with Gasteiger partial charge >= 0.3 is 0 Å². The van der Waals surface area contributed by atoms with Gasteiger partial charge in [-0.15, -0.1) is 0 Å². The molecule has 18 heavy (non-hydrogen) atoms. The van der Waals surface area contributed by atoms with Crippen LogP contribution in [0, 0.1) is 5.82 Å². The van der Waals surface area contributed by atoms with Gasteiger partial charge in [-0.05, 0) is 6.07 Å². The number of anilines is 1. The van der Waals surface area contributed by atoms with Gasteiger partial charge < -0.3 is 10.4 Å². The van der Waals surface area contributed by atoms with Gasteiger partial charge in [0.25, 0.3) is 0 Å². The number of benzene rings is 1. The van der Waals surface area contributed by atoms with E-state index in [0.717, 1.165) is 0 Å². The molecule has 1 unspecified atom stereocenters. The van der Waals surface area contributed by atoms with Crippen LogP contribution in [0.2, 0.25) is 5.15 Å². The molecule has 0 radical (unpaired) electrons. The smallest absolute Gasteiger partial charge is 0.149 e. The second kappa shape index (κ2) is 5.75. The molecule has 2 aromatic rings. The molecule has 0 saturated heterocycles. The van der Waals surface area contributed by atoms with Gasteiger partial charge in [-0.2, -0.15) is 0 Å². The molecule has 0 aliphatic heterocycles. The number of aliphatic hydroxyl groups excluding tert-OH is 1. The van der Waals surface area contributed by atoms with E-state index in [-0.39, 0.29) is 17.3 Å². The average molecular weight is 268 g/mol. The molecule has 0 bridgehead atoms. The van der Waals surface area contributed by atoms with E-state index in [2.05, 4.69) is 15.3 Å². The molecule has 4 nitrogen and oxygen atoms in total. The molecule has 0 fully saturated rings. The first kappa shape index (κ1) is 12.7. The van der Waals surface area contributed by atoms with Gasteiger partial charge in [0.15, 0.2) is 0 Å². The van der Waals surface area contributed by atoms with Crippen LogP contribution in [-0.2, 0) is 0 Å². The topological polar surface area (TPSA) is 58.0 Å². The first-order valence-electron chi connectivity index (χ1n) is 5.30. The van der Waals surface area contributed by atoms with Crippen molar-refractivity contribution in [2.45, 2.75) is 6.10 Å². The Labute approximate surface area is 108 Å². The third kappa shape index (κ3) is 3.15. The lowest BCUT2D eigenvalue weighted by Gasteiger charge is -2.13. The van der Waals surface area contributed by atoms with Crippen molar-refractivity contribution in [3.63, 3.8) is 0 Å². The third-order valence-corrected chi connectivity index (χ3v) is 2.53. The Morgan fingerprint density at radius 3 is 2.83 bits per heavy atom. The van der Waals surface area contributed by atoms with Crippen molar-refractivity contribution >= 4 is 17.4 Å². The highest BCUT2D eigenvalue weighted by atomic mass is 35.5. The second-order valence-electron chi connectivity index (χ2n) is 3.65. The molecule has 0 aliphatic carbocycles. The van der Waals surface area contributed by atoms with Gasteiger partial charge in [0.05, 0.1) is 18.5 Å². The van der Waals surface area contributed by atoms with Crippen molar-refractivity contribution in [2.75, 3.05) is 11.9 Å². The van der Waals surface area contributed by atoms with E-state index in [1.54, 1.807) is 12.1 Å². The number of nitrogens with zero attached hydrogens (tertiary/aromatic N) is 2. The summed E-state index contributed by atoms with van der Waals surface area (Å²) in [6.45, 7) is 0.121. The molecule has 1 atom stereocenters. The predicted molar refractivity (Wildman–Crippen MR) is 66.9 cm³/mol. The molecule has 2 N–H and O–H groups in total. The number of hydrogen-bond acceptors (Lipinski definition) is 4. The van der Waals surface area contributed by atoms with Crippen molar-refractivity contribution in [1.82, 2.24) is 9.97 Å². The Bertz CT molecular complexity index is 538. The highest BCUT2D eigenvalue weighted by Crippen LogP contribution is 2.17. The van der Waals surface area contributed by atoms with E-state index < -0.39 is 11.9 Å². The Hall–Kier alpha value is -1.72. The monoisotopic (exact) mass is 267 g/mol. The highest BCUT2D eigenvalue weighted by Gasteiger charge is 2.11. The maximum atomic E-state index is 13.4. The van der Waals surface area contributed by atoms with Gasteiger partial charge in [0, 0.05) is 12.1 Å². The largest absolute Gasteiger partial charge is 0.386 e. The van der Waals surface area contributed by atoms with Gasteiger partial charge in [-0.25, -0.2) is 9.37 Å². The van der Waals surface area contributed by atoms with E-state index in [0.29, 0.717) is 5.82 Å². The highest BCUT2D eigenvalue weighted by molar-refractivity contribution is 6.29. The Morgan fingerprint density at radius 1 is 1.33 bits per heavy atom. The summed E-state index contributed by atoms with van der Waals surface area (Å²) in [6.07, 6.45) is 1.91. The van der Waals surface area contributed by atoms with Crippen LogP contribution in [-0.4, -0.2) is 21.6 Å². The van der Waals surface area contributed by atoms with E-state index in [1.807, 2.05) is 0 Å². The average Bonchev–Trinajstić information content (AvgIpc) is 2.37. The number of aliphatic hydroxyl groups is 1. The normalized spacial score (nSPS) is 12.2. The zero-order valence-corrected chi connectivity index (χ0v) is 10.1. The van der Waals surface area contributed by atoms with Crippen LogP contribution in [0.3, 0.4) is 0 Å². The Balaban J connectivity index is 2.00. The molecule has 1 heterocycles. The number of nitrogens with one attached hydrogen (secondary N) is 1. The summed E-state index contributed by atoms with van der Waals surface area (Å²) >= 11 is 5.67. The molecule has 1 aromatic carbocycles. The molecule has 2 rings (SSSR count). The van der Waals surface area contributed by atoms with Crippen molar-refractivity contribution in [1.29, 1.82) is 0 Å². The summed E-state index contributed by atoms with van der Waals surface area (Å²) in [5.74, 6) is -0.0122. The van der Waals surface area contributed by atoms with Crippen LogP contribution < -0.4 is 5.32 Å². The molecular formula is C12H11ClFN3O. The summed E-state index contributed by atoms with van der Waals surface area (Å²) < 4.78 is 13.4. The van der Waals surface area contributed by atoms with E-state index >= 15 is 0 Å². The molecule has 0 amide bonds. The molecule has 0 saturated carbocycles. The molecule has 0 spiro atoms. The Kier molecular flexibility index (Phi) is 4.07. The van der Waals surface area contributed by atoms with E-state index in [1.165, 1.54) is 24.5 Å². The van der Waals surface area contributed by atoms with Crippen LogP contribution in [0.4, 0.5) is 10.2 Å². The first-order valence-corrected chi connectivity index (χ1v) is 5.68. The minimum atomic E-state index is -0.966. The minimum absolute atomic E-state index is 0.121. The number of hydrogen-bond donors (Lipinski definition) is 2. The van der Waals surface area contributed by atoms with Crippen LogP contribution in [0.15, 0.2) is 36.7 Å². The van der Waals surface area contributed by atoms with Crippen molar-refractivity contribution in [3.05, 3.63) is 53.2 Å². The first-order chi connectivity index (χ1) is 8.66. The van der Waals surface area contributed by atoms with Crippen molar-refractivity contribution in [2.24, 2.45) is 0 Å². The number of rotatable bonds is 4. The third-order valence-electron chi connectivity index (χ3n) is 2.35.